The van der Waals surface area contributed by atoms with Gasteiger partial charge in [-0.1, -0.05) is 23.2 Å². The summed E-state index contributed by atoms with van der Waals surface area (Å²) in [6.45, 7) is 0.341. The van der Waals surface area contributed by atoms with Crippen LogP contribution in [-0.4, -0.2) is 49.1 Å². The lowest BCUT2D eigenvalue weighted by Crippen LogP contribution is -2.32. The molecule has 7 nitrogen and oxygen atoms in total. The number of hydrogen-bond donors (Lipinski definition) is 1. The number of amides is 1. The molecule has 1 atom stereocenters. The van der Waals surface area contributed by atoms with Gasteiger partial charge in [-0.15, -0.1) is 0 Å². The van der Waals surface area contributed by atoms with Crippen molar-refractivity contribution >= 4 is 40.7 Å². The van der Waals surface area contributed by atoms with Crippen molar-refractivity contribution in [3.8, 4) is 5.75 Å². The van der Waals surface area contributed by atoms with Crippen molar-refractivity contribution in [2.24, 2.45) is 0 Å². The van der Waals surface area contributed by atoms with E-state index in [-0.39, 0.29) is 40.1 Å². The van der Waals surface area contributed by atoms with E-state index in [4.69, 9.17) is 37.1 Å². The van der Waals surface area contributed by atoms with Crippen LogP contribution in [0.15, 0.2) is 40.5 Å². The van der Waals surface area contributed by atoms with Crippen molar-refractivity contribution in [3.63, 3.8) is 0 Å². The molecule has 1 saturated heterocycles. The first-order valence-electron chi connectivity index (χ1n) is 8.24. The van der Waals surface area contributed by atoms with Crippen LogP contribution >= 0.6 is 23.2 Å². The third-order valence-corrected chi connectivity index (χ3v) is 4.86. The Bertz CT molecular complexity index is 938. The molecule has 0 spiro atoms. The number of aliphatic hydroxyl groups is 1. The van der Waals surface area contributed by atoms with E-state index in [0.717, 1.165) is 0 Å². The highest BCUT2D eigenvalue weighted by Gasteiger charge is 2.47. The normalized spacial score (nSPS) is 18.7. The molecule has 0 saturated carbocycles. The fraction of sp³-hybridized carbons (Fsp3) is 0.263. The van der Waals surface area contributed by atoms with Crippen LogP contribution in [0.5, 0.6) is 5.75 Å². The first kappa shape index (κ1) is 20.3. The number of nitrogens with zero attached hydrogens (tertiary/aromatic N) is 1. The number of carbonyl (C=O) groups is 2. The molecule has 9 heteroatoms. The Morgan fingerprint density at radius 1 is 1.29 bits per heavy atom. The highest BCUT2D eigenvalue weighted by Crippen LogP contribution is 2.43. The molecule has 0 aliphatic carbocycles. The van der Waals surface area contributed by atoms with Crippen LogP contribution in [0.25, 0.3) is 5.76 Å². The van der Waals surface area contributed by atoms with E-state index in [1.807, 2.05) is 0 Å². The fourth-order valence-corrected chi connectivity index (χ4v) is 3.70. The molecular formula is C19H17Cl2NO6. The van der Waals surface area contributed by atoms with Gasteiger partial charge in [-0.25, -0.2) is 0 Å². The molecule has 1 N–H and O–H groups in total. The third-order valence-electron chi connectivity index (χ3n) is 4.36. The molecule has 0 bridgehead atoms. The predicted molar refractivity (Wildman–Crippen MR) is 103 cm³/mol. The fourth-order valence-electron chi connectivity index (χ4n) is 3.13. The van der Waals surface area contributed by atoms with Crippen LogP contribution < -0.4 is 4.74 Å². The minimum atomic E-state index is -0.924. The summed E-state index contributed by atoms with van der Waals surface area (Å²) in [5.74, 6) is -1.63. The number of rotatable bonds is 6. The van der Waals surface area contributed by atoms with Gasteiger partial charge in [-0.2, -0.15) is 0 Å². The standard InChI is InChI=1S/C19H17Cl2NO6/c1-26-7-5-22-15(13-4-3-6-28-13)14(17(24)19(22)25)16(23)11-8-10(20)9-12(21)18(11)27-2/h3-4,6,8-9,15,23H,5,7H2,1-2H3/b16-14-. The van der Waals surface area contributed by atoms with E-state index in [0.29, 0.717) is 5.76 Å². The van der Waals surface area contributed by atoms with E-state index in [2.05, 4.69) is 0 Å². The van der Waals surface area contributed by atoms with Gasteiger partial charge in [0.2, 0.25) is 0 Å². The number of ether oxygens (including phenoxy) is 2. The largest absolute Gasteiger partial charge is 0.507 e. The lowest BCUT2D eigenvalue weighted by Gasteiger charge is -2.23. The Kier molecular flexibility index (Phi) is 5.98. The van der Waals surface area contributed by atoms with E-state index in [1.165, 1.54) is 37.5 Å². The van der Waals surface area contributed by atoms with E-state index in [9.17, 15) is 14.7 Å². The molecule has 1 aliphatic rings. The molecule has 2 aromatic rings. The van der Waals surface area contributed by atoms with Crippen LogP contribution in [0, 0.1) is 0 Å². The summed E-state index contributed by atoms with van der Waals surface area (Å²) in [5.41, 5.74) is -0.0472. The summed E-state index contributed by atoms with van der Waals surface area (Å²) in [5, 5.41) is 11.4. The zero-order chi connectivity index (χ0) is 20.4. The summed E-state index contributed by atoms with van der Waals surface area (Å²) < 4.78 is 15.7. The second-order valence-corrected chi connectivity index (χ2v) is 6.81. The molecule has 28 heavy (non-hydrogen) atoms. The number of benzene rings is 1. The zero-order valence-electron chi connectivity index (χ0n) is 15.1. The number of methoxy groups -OCH3 is 2. The Hall–Kier alpha value is -2.48. The van der Waals surface area contributed by atoms with Crippen molar-refractivity contribution in [3.05, 3.63) is 57.5 Å². The van der Waals surface area contributed by atoms with Gasteiger partial charge in [0.25, 0.3) is 11.7 Å². The van der Waals surface area contributed by atoms with E-state index >= 15 is 0 Å². The van der Waals surface area contributed by atoms with Gasteiger partial charge in [-0.3, -0.25) is 9.59 Å². The third kappa shape index (κ3) is 3.48. The van der Waals surface area contributed by atoms with Crippen LogP contribution in [0.2, 0.25) is 10.0 Å². The first-order chi connectivity index (χ1) is 13.4. The maximum atomic E-state index is 12.8. The minimum Gasteiger partial charge on any atom is -0.507 e. The van der Waals surface area contributed by atoms with Crippen LogP contribution in [0.3, 0.4) is 0 Å². The highest BCUT2D eigenvalue weighted by atomic mass is 35.5. The summed E-state index contributed by atoms with van der Waals surface area (Å²) in [4.78, 5) is 26.7. The minimum absolute atomic E-state index is 0.0984. The molecule has 1 aromatic carbocycles. The first-order valence-corrected chi connectivity index (χ1v) is 9.00. The maximum absolute atomic E-state index is 12.8. The van der Waals surface area contributed by atoms with E-state index in [1.54, 1.807) is 12.1 Å². The highest BCUT2D eigenvalue weighted by molar-refractivity contribution is 6.46. The number of furan rings is 1. The van der Waals surface area contributed by atoms with Crippen LogP contribution in [0.1, 0.15) is 17.4 Å². The Morgan fingerprint density at radius 2 is 2.04 bits per heavy atom. The number of aliphatic hydroxyl groups excluding tert-OH is 1. The number of carbonyl (C=O) groups excluding carboxylic acids is 2. The molecule has 1 unspecified atom stereocenters. The molecule has 1 aliphatic heterocycles. The lowest BCUT2D eigenvalue weighted by atomic mass is 9.98. The van der Waals surface area contributed by atoms with Gasteiger partial charge in [-0.05, 0) is 24.3 Å². The summed E-state index contributed by atoms with van der Waals surface area (Å²) in [7, 11) is 2.85. The van der Waals surface area contributed by atoms with Gasteiger partial charge in [0.1, 0.15) is 23.3 Å². The molecule has 1 amide bonds. The number of hydrogen-bond acceptors (Lipinski definition) is 6. The molecule has 2 heterocycles. The molecule has 148 valence electrons. The van der Waals surface area contributed by atoms with Crippen molar-refractivity contribution in [1.29, 1.82) is 0 Å². The Labute approximate surface area is 171 Å². The topological polar surface area (TPSA) is 89.2 Å². The molecular weight excluding hydrogens is 409 g/mol. The zero-order valence-corrected chi connectivity index (χ0v) is 16.6. The predicted octanol–water partition coefficient (Wildman–Crippen LogP) is 3.66. The number of ketones is 1. The van der Waals surface area contributed by atoms with Gasteiger partial charge < -0.3 is 23.9 Å². The summed E-state index contributed by atoms with van der Waals surface area (Å²) in [6, 6.07) is 5.17. The van der Waals surface area contributed by atoms with Gasteiger partial charge in [0, 0.05) is 18.7 Å². The van der Waals surface area contributed by atoms with Crippen molar-refractivity contribution < 1.29 is 28.6 Å². The number of Topliss-reactive ketones (excluding diaryl/α,β-unsaturated/α-hetero) is 1. The molecule has 0 radical (unpaired) electrons. The Morgan fingerprint density at radius 3 is 2.64 bits per heavy atom. The summed E-state index contributed by atoms with van der Waals surface area (Å²) >= 11 is 12.2. The molecule has 1 aromatic heterocycles. The molecule has 1 fully saturated rings. The molecule has 3 rings (SSSR count). The quantitative estimate of drug-likeness (QED) is 0.431. The van der Waals surface area contributed by atoms with E-state index < -0.39 is 23.5 Å². The number of halogens is 2. The summed E-state index contributed by atoms with van der Waals surface area (Å²) in [6.07, 6.45) is 1.42. The smallest absolute Gasteiger partial charge is 0.295 e. The Balaban J connectivity index is 2.22. The van der Waals surface area contributed by atoms with Crippen molar-refractivity contribution in [1.82, 2.24) is 4.90 Å². The van der Waals surface area contributed by atoms with Crippen molar-refractivity contribution in [2.75, 3.05) is 27.4 Å². The monoisotopic (exact) mass is 425 g/mol. The average molecular weight is 426 g/mol. The lowest BCUT2D eigenvalue weighted by molar-refractivity contribution is -0.140. The number of likely N-dealkylation sites (tertiary alicyclic amines) is 1. The van der Waals surface area contributed by atoms with Crippen LogP contribution in [0.4, 0.5) is 0 Å². The second-order valence-electron chi connectivity index (χ2n) is 5.97. The second kappa shape index (κ2) is 8.26. The van der Waals surface area contributed by atoms with Crippen molar-refractivity contribution in [2.45, 2.75) is 6.04 Å². The average Bonchev–Trinajstić information content (AvgIpc) is 3.27. The van der Waals surface area contributed by atoms with Gasteiger partial charge >= 0.3 is 0 Å². The SMILES string of the molecule is COCCN1C(=O)C(=O)/C(=C(\O)c2cc(Cl)cc(Cl)c2OC)C1c1ccco1. The van der Waals surface area contributed by atoms with Crippen LogP contribution in [-0.2, 0) is 14.3 Å². The van der Waals surface area contributed by atoms with Gasteiger partial charge in [0.15, 0.2) is 0 Å². The van der Waals surface area contributed by atoms with Gasteiger partial charge in [0.05, 0.1) is 36.1 Å². The maximum Gasteiger partial charge on any atom is 0.295 e.